The molecule has 23 heavy (non-hydrogen) atoms. The van der Waals surface area contributed by atoms with Crippen molar-refractivity contribution in [2.75, 3.05) is 12.8 Å². The van der Waals surface area contributed by atoms with E-state index in [1.807, 2.05) is 6.07 Å². The fraction of sp³-hybridized carbons (Fsp3) is 0.385. The summed E-state index contributed by atoms with van der Waals surface area (Å²) in [5, 5.41) is 6.41. The van der Waals surface area contributed by atoms with Crippen LogP contribution in [0, 0.1) is 0 Å². The van der Waals surface area contributed by atoms with Gasteiger partial charge in [-0.15, -0.1) is 0 Å². The average molecular weight is 339 g/mol. The van der Waals surface area contributed by atoms with Gasteiger partial charge in [-0.05, 0) is 19.1 Å². The second-order valence-electron chi connectivity index (χ2n) is 4.88. The highest BCUT2D eigenvalue weighted by Crippen LogP contribution is 2.11. The summed E-state index contributed by atoms with van der Waals surface area (Å²) in [5.74, 6) is 0.300. The minimum absolute atomic E-state index is 0.248. The summed E-state index contributed by atoms with van der Waals surface area (Å²) in [5.41, 5.74) is 0.595. The van der Waals surface area contributed by atoms with Gasteiger partial charge in [0, 0.05) is 19.2 Å². The molecule has 1 atom stereocenters. The molecular formula is C13H17N5O4S. The van der Waals surface area contributed by atoms with Crippen LogP contribution in [0.1, 0.15) is 12.8 Å². The Bertz CT molecular complexity index is 760. The van der Waals surface area contributed by atoms with Crippen molar-refractivity contribution in [2.24, 2.45) is 0 Å². The quantitative estimate of drug-likeness (QED) is 0.710. The lowest BCUT2D eigenvalue weighted by molar-refractivity contribution is -0.122. The topological polar surface area (TPSA) is 127 Å². The number of hydrogen-bond donors (Lipinski definition) is 2. The Morgan fingerprint density at radius 2 is 2.17 bits per heavy atom. The zero-order chi connectivity index (χ0) is 16.9. The minimum atomic E-state index is -3.43. The third kappa shape index (κ3) is 5.42. The van der Waals surface area contributed by atoms with Crippen LogP contribution in [-0.2, 0) is 21.2 Å². The molecule has 0 aromatic carbocycles. The zero-order valence-corrected chi connectivity index (χ0v) is 13.5. The van der Waals surface area contributed by atoms with Crippen LogP contribution in [0.4, 0.5) is 0 Å². The molecule has 9 nitrogen and oxygen atoms in total. The fourth-order valence-electron chi connectivity index (χ4n) is 1.78. The maximum Gasteiger partial charge on any atom is 0.237 e. The molecular weight excluding hydrogens is 322 g/mol. The van der Waals surface area contributed by atoms with Crippen LogP contribution >= 0.6 is 0 Å². The van der Waals surface area contributed by atoms with Crippen molar-refractivity contribution in [3.05, 3.63) is 30.3 Å². The third-order valence-corrected chi connectivity index (χ3v) is 3.57. The molecule has 0 aliphatic heterocycles. The second-order valence-corrected chi connectivity index (χ2v) is 6.66. The molecule has 10 heteroatoms. The predicted octanol–water partition coefficient (Wildman–Crippen LogP) is -0.272. The summed E-state index contributed by atoms with van der Waals surface area (Å²) < 4.78 is 29.4. The van der Waals surface area contributed by atoms with Gasteiger partial charge in [0.05, 0.1) is 12.3 Å². The van der Waals surface area contributed by atoms with Crippen LogP contribution in [0.25, 0.3) is 11.5 Å². The Kier molecular flexibility index (Phi) is 5.40. The summed E-state index contributed by atoms with van der Waals surface area (Å²) >= 11 is 0. The molecule has 0 radical (unpaired) electrons. The lowest BCUT2D eigenvalue weighted by Gasteiger charge is -2.11. The van der Waals surface area contributed by atoms with Crippen molar-refractivity contribution in [2.45, 2.75) is 19.4 Å². The summed E-state index contributed by atoms with van der Waals surface area (Å²) in [6.45, 7) is 1.71. The first-order chi connectivity index (χ1) is 10.8. The lowest BCUT2D eigenvalue weighted by Crippen LogP contribution is -2.44. The van der Waals surface area contributed by atoms with Gasteiger partial charge in [-0.3, -0.25) is 9.78 Å². The molecule has 2 heterocycles. The molecule has 0 saturated heterocycles. The lowest BCUT2D eigenvalue weighted by atomic mass is 10.3. The molecule has 2 aromatic rings. The van der Waals surface area contributed by atoms with Crippen LogP contribution < -0.4 is 10.0 Å². The van der Waals surface area contributed by atoms with Crippen LogP contribution in [0.15, 0.2) is 28.9 Å². The number of carbonyl (C=O) groups excluding carboxylic acids is 1. The van der Waals surface area contributed by atoms with Crippen LogP contribution in [0.3, 0.4) is 0 Å². The highest BCUT2D eigenvalue weighted by molar-refractivity contribution is 7.88. The molecule has 2 rings (SSSR count). The summed E-state index contributed by atoms with van der Waals surface area (Å²) in [6.07, 6.45) is 2.95. The van der Waals surface area contributed by atoms with E-state index in [4.69, 9.17) is 4.52 Å². The van der Waals surface area contributed by atoms with Crippen molar-refractivity contribution in [3.8, 4) is 11.5 Å². The summed E-state index contributed by atoms with van der Waals surface area (Å²) in [6, 6.07) is 4.51. The van der Waals surface area contributed by atoms with Crippen LogP contribution in [-0.4, -0.2) is 48.3 Å². The van der Waals surface area contributed by atoms with E-state index in [0.717, 1.165) is 6.26 Å². The Morgan fingerprint density at radius 3 is 2.83 bits per heavy atom. The van der Waals surface area contributed by atoms with Crippen molar-refractivity contribution in [3.63, 3.8) is 0 Å². The van der Waals surface area contributed by atoms with E-state index in [9.17, 15) is 13.2 Å². The SMILES string of the molecule is C[C@H](NS(C)(=O)=O)C(=O)NCCc1nc(-c2ccccn2)no1. The monoisotopic (exact) mass is 339 g/mol. The Morgan fingerprint density at radius 1 is 1.39 bits per heavy atom. The van der Waals surface area contributed by atoms with Crippen LogP contribution in [0.5, 0.6) is 0 Å². The molecule has 0 spiro atoms. The van der Waals surface area contributed by atoms with Gasteiger partial charge in [0.1, 0.15) is 5.69 Å². The van der Waals surface area contributed by atoms with Gasteiger partial charge >= 0.3 is 0 Å². The van der Waals surface area contributed by atoms with Gasteiger partial charge in [-0.2, -0.15) is 4.98 Å². The first-order valence-electron chi connectivity index (χ1n) is 6.84. The van der Waals surface area contributed by atoms with E-state index in [0.29, 0.717) is 23.8 Å². The van der Waals surface area contributed by atoms with E-state index in [1.165, 1.54) is 6.92 Å². The van der Waals surface area contributed by atoms with Gasteiger partial charge in [0.2, 0.25) is 27.6 Å². The smallest absolute Gasteiger partial charge is 0.237 e. The van der Waals surface area contributed by atoms with E-state index >= 15 is 0 Å². The molecule has 2 aromatic heterocycles. The molecule has 0 fully saturated rings. The Labute approximate surface area is 133 Å². The maximum atomic E-state index is 11.7. The van der Waals surface area contributed by atoms with Crippen molar-refractivity contribution >= 4 is 15.9 Å². The third-order valence-electron chi connectivity index (χ3n) is 2.78. The number of rotatable bonds is 7. The van der Waals surface area contributed by atoms with E-state index in [2.05, 4.69) is 25.2 Å². The predicted molar refractivity (Wildman–Crippen MR) is 81.7 cm³/mol. The van der Waals surface area contributed by atoms with Crippen molar-refractivity contribution in [1.82, 2.24) is 25.2 Å². The van der Waals surface area contributed by atoms with Gasteiger partial charge in [0.25, 0.3) is 0 Å². The maximum absolute atomic E-state index is 11.7. The van der Waals surface area contributed by atoms with Crippen molar-refractivity contribution in [1.29, 1.82) is 0 Å². The normalized spacial score (nSPS) is 12.8. The number of pyridine rings is 1. The number of nitrogens with one attached hydrogen (secondary N) is 2. The molecule has 0 bridgehead atoms. The highest BCUT2D eigenvalue weighted by Gasteiger charge is 2.17. The first-order valence-corrected chi connectivity index (χ1v) is 8.73. The molecule has 0 aliphatic carbocycles. The molecule has 1 amide bonds. The van der Waals surface area contributed by atoms with E-state index < -0.39 is 22.0 Å². The first kappa shape index (κ1) is 17.0. The molecule has 124 valence electrons. The highest BCUT2D eigenvalue weighted by atomic mass is 32.2. The standard InChI is InChI=1S/C13H17N5O4S/c1-9(18-23(2,20)21)13(19)15-8-6-11-16-12(17-22-11)10-5-3-4-7-14-10/h3-5,7,9,18H,6,8H2,1-2H3,(H,15,19)/t9-/m0/s1. The molecule has 0 saturated carbocycles. The second kappa shape index (κ2) is 7.29. The number of nitrogens with zero attached hydrogens (tertiary/aromatic N) is 3. The van der Waals surface area contributed by atoms with Crippen molar-refractivity contribution < 1.29 is 17.7 Å². The Hall–Kier alpha value is -2.33. The number of carbonyl (C=O) groups is 1. The Balaban J connectivity index is 1.83. The zero-order valence-electron chi connectivity index (χ0n) is 12.7. The number of amides is 1. The fourth-order valence-corrected chi connectivity index (χ4v) is 2.53. The number of aromatic nitrogens is 3. The summed E-state index contributed by atoms with van der Waals surface area (Å²) in [7, 11) is -3.43. The summed E-state index contributed by atoms with van der Waals surface area (Å²) in [4.78, 5) is 20.0. The largest absolute Gasteiger partial charge is 0.354 e. The average Bonchev–Trinajstić information content (AvgIpc) is 2.95. The molecule has 0 aliphatic rings. The molecule has 2 N–H and O–H groups in total. The van der Waals surface area contributed by atoms with E-state index in [1.54, 1.807) is 18.3 Å². The minimum Gasteiger partial charge on any atom is -0.354 e. The van der Waals surface area contributed by atoms with Gasteiger partial charge < -0.3 is 9.84 Å². The van der Waals surface area contributed by atoms with Gasteiger partial charge in [0.15, 0.2) is 0 Å². The van der Waals surface area contributed by atoms with Gasteiger partial charge in [-0.1, -0.05) is 11.2 Å². The van der Waals surface area contributed by atoms with E-state index in [-0.39, 0.29) is 6.54 Å². The number of sulfonamides is 1. The molecule has 0 unspecified atom stereocenters. The van der Waals surface area contributed by atoms with Crippen LogP contribution in [0.2, 0.25) is 0 Å². The van der Waals surface area contributed by atoms with Gasteiger partial charge in [-0.25, -0.2) is 13.1 Å². The number of hydrogen-bond acceptors (Lipinski definition) is 7.